The second-order valence-corrected chi connectivity index (χ2v) is 7.37. The van der Waals surface area contributed by atoms with Gasteiger partial charge < -0.3 is 10.2 Å². The van der Waals surface area contributed by atoms with E-state index in [1.54, 1.807) is 22.0 Å². The molecule has 2 fully saturated rings. The maximum Gasteiger partial charge on any atom is 0.247 e. The number of nitrogens with one attached hydrogen (secondary N) is 1. The van der Waals surface area contributed by atoms with Crippen LogP contribution in [0.5, 0.6) is 0 Å². The van der Waals surface area contributed by atoms with Crippen LogP contribution in [0.25, 0.3) is 5.82 Å². The second kappa shape index (κ2) is 7.90. The van der Waals surface area contributed by atoms with Crippen LogP contribution in [0.3, 0.4) is 0 Å². The molecule has 7 nitrogen and oxygen atoms in total. The molecule has 0 radical (unpaired) electrons. The fourth-order valence-electron chi connectivity index (χ4n) is 4.11. The molecule has 1 unspecified atom stereocenters. The standard InChI is InChI=1S/C20H25N5O2/c26-19(23-16-9-10-18(21-14-16)25-13-5-11-22-25)17-8-4-12-24(17)20(27)15-6-2-1-3-7-15/h5,9-11,13-15,17H,1-4,6-8,12H2,(H,23,26). The van der Waals surface area contributed by atoms with Gasteiger partial charge in [0.15, 0.2) is 5.82 Å². The Morgan fingerprint density at radius 2 is 1.93 bits per heavy atom. The van der Waals surface area contributed by atoms with E-state index in [1.807, 2.05) is 24.4 Å². The van der Waals surface area contributed by atoms with Gasteiger partial charge in [-0.15, -0.1) is 0 Å². The molecule has 2 aromatic rings. The first kappa shape index (κ1) is 17.7. The fraction of sp³-hybridized carbons (Fsp3) is 0.500. The highest BCUT2D eigenvalue weighted by Gasteiger charge is 2.37. The van der Waals surface area contributed by atoms with Crippen molar-refractivity contribution >= 4 is 17.5 Å². The van der Waals surface area contributed by atoms with Gasteiger partial charge in [-0.25, -0.2) is 9.67 Å². The highest BCUT2D eigenvalue weighted by atomic mass is 16.2. The highest BCUT2D eigenvalue weighted by molar-refractivity contribution is 5.97. The van der Waals surface area contributed by atoms with E-state index in [9.17, 15) is 9.59 Å². The molecule has 0 aromatic carbocycles. The normalized spacial score (nSPS) is 20.6. The van der Waals surface area contributed by atoms with Crippen LogP contribution in [0.4, 0.5) is 5.69 Å². The summed E-state index contributed by atoms with van der Waals surface area (Å²) in [5.41, 5.74) is 0.632. The van der Waals surface area contributed by atoms with Gasteiger partial charge in [0.1, 0.15) is 6.04 Å². The largest absolute Gasteiger partial charge is 0.330 e. The summed E-state index contributed by atoms with van der Waals surface area (Å²) in [6.45, 7) is 0.684. The van der Waals surface area contributed by atoms with Crippen LogP contribution in [-0.4, -0.2) is 44.1 Å². The number of rotatable bonds is 4. The van der Waals surface area contributed by atoms with Crippen molar-refractivity contribution in [2.45, 2.75) is 51.0 Å². The summed E-state index contributed by atoms with van der Waals surface area (Å²) in [6.07, 6.45) is 12.1. The summed E-state index contributed by atoms with van der Waals surface area (Å²) in [7, 11) is 0. The Hall–Kier alpha value is -2.70. The number of aromatic nitrogens is 3. The van der Waals surface area contributed by atoms with E-state index in [2.05, 4.69) is 15.4 Å². The van der Waals surface area contributed by atoms with Crippen LogP contribution >= 0.6 is 0 Å². The van der Waals surface area contributed by atoms with Gasteiger partial charge in [-0.3, -0.25) is 9.59 Å². The number of carbonyl (C=O) groups is 2. The average Bonchev–Trinajstić information content (AvgIpc) is 3.41. The summed E-state index contributed by atoms with van der Waals surface area (Å²) in [4.78, 5) is 31.8. The summed E-state index contributed by atoms with van der Waals surface area (Å²) in [5.74, 6) is 0.833. The topological polar surface area (TPSA) is 80.1 Å². The smallest absolute Gasteiger partial charge is 0.247 e. The zero-order valence-corrected chi connectivity index (χ0v) is 15.4. The third kappa shape index (κ3) is 3.86. The van der Waals surface area contributed by atoms with Crippen molar-refractivity contribution in [3.8, 4) is 5.82 Å². The van der Waals surface area contributed by atoms with Crippen LogP contribution in [0, 0.1) is 5.92 Å². The van der Waals surface area contributed by atoms with Gasteiger partial charge in [-0.2, -0.15) is 5.10 Å². The van der Waals surface area contributed by atoms with Crippen LogP contribution < -0.4 is 5.32 Å². The molecule has 1 N–H and O–H groups in total. The number of likely N-dealkylation sites (tertiary alicyclic amines) is 1. The summed E-state index contributed by atoms with van der Waals surface area (Å²) < 4.78 is 1.66. The molecular formula is C20H25N5O2. The molecule has 1 aliphatic heterocycles. The van der Waals surface area contributed by atoms with Crippen LogP contribution in [0.2, 0.25) is 0 Å². The quantitative estimate of drug-likeness (QED) is 0.901. The number of hydrogen-bond acceptors (Lipinski definition) is 4. The van der Waals surface area contributed by atoms with Crippen molar-refractivity contribution in [1.82, 2.24) is 19.7 Å². The lowest BCUT2D eigenvalue weighted by Crippen LogP contribution is -2.46. The van der Waals surface area contributed by atoms with Crippen molar-refractivity contribution in [2.24, 2.45) is 5.92 Å². The Morgan fingerprint density at radius 3 is 2.63 bits per heavy atom. The molecule has 1 saturated carbocycles. The number of hydrogen-bond donors (Lipinski definition) is 1. The molecule has 142 valence electrons. The van der Waals surface area contributed by atoms with Crippen molar-refractivity contribution in [1.29, 1.82) is 0 Å². The van der Waals surface area contributed by atoms with E-state index in [4.69, 9.17) is 0 Å². The molecule has 1 saturated heterocycles. The van der Waals surface area contributed by atoms with Gasteiger partial charge in [0, 0.05) is 24.9 Å². The first-order chi connectivity index (χ1) is 13.2. The highest BCUT2D eigenvalue weighted by Crippen LogP contribution is 2.29. The van der Waals surface area contributed by atoms with Crippen LogP contribution in [0.15, 0.2) is 36.8 Å². The third-order valence-corrected chi connectivity index (χ3v) is 5.55. The van der Waals surface area contributed by atoms with Gasteiger partial charge in [-0.05, 0) is 43.9 Å². The number of amides is 2. The summed E-state index contributed by atoms with van der Waals surface area (Å²) >= 11 is 0. The van der Waals surface area contributed by atoms with Gasteiger partial charge in [0.25, 0.3) is 0 Å². The monoisotopic (exact) mass is 367 g/mol. The lowest BCUT2D eigenvalue weighted by molar-refractivity contribution is -0.141. The summed E-state index contributed by atoms with van der Waals surface area (Å²) in [6, 6.07) is 5.08. The lowest BCUT2D eigenvalue weighted by Gasteiger charge is -2.30. The van der Waals surface area contributed by atoms with Gasteiger partial charge in [-0.1, -0.05) is 19.3 Å². The zero-order chi connectivity index (χ0) is 18.6. The molecular weight excluding hydrogens is 342 g/mol. The lowest BCUT2D eigenvalue weighted by atomic mass is 9.88. The first-order valence-electron chi connectivity index (χ1n) is 9.80. The molecule has 3 heterocycles. The van der Waals surface area contributed by atoms with Crippen molar-refractivity contribution in [2.75, 3.05) is 11.9 Å². The van der Waals surface area contributed by atoms with E-state index in [0.717, 1.165) is 38.5 Å². The molecule has 2 amide bonds. The molecule has 27 heavy (non-hydrogen) atoms. The molecule has 7 heteroatoms. The predicted molar refractivity (Wildman–Crippen MR) is 101 cm³/mol. The number of nitrogens with zero attached hydrogens (tertiary/aromatic N) is 4. The number of pyridine rings is 1. The Morgan fingerprint density at radius 1 is 1.07 bits per heavy atom. The Balaban J connectivity index is 1.40. The van der Waals surface area contributed by atoms with E-state index < -0.39 is 0 Å². The van der Waals surface area contributed by atoms with E-state index >= 15 is 0 Å². The van der Waals surface area contributed by atoms with Gasteiger partial charge in [0.2, 0.25) is 11.8 Å². The predicted octanol–water partition coefficient (Wildman–Crippen LogP) is 2.78. The molecule has 1 atom stereocenters. The van der Waals surface area contributed by atoms with E-state index in [1.165, 1.54) is 6.42 Å². The Bertz CT molecular complexity index is 781. The van der Waals surface area contributed by atoms with E-state index in [0.29, 0.717) is 18.1 Å². The van der Waals surface area contributed by atoms with E-state index in [-0.39, 0.29) is 23.8 Å². The molecule has 2 aliphatic rings. The fourth-order valence-corrected chi connectivity index (χ4v) is 4.11. The third-order valence-electron chi connectivity index (χ3n) is 5.55. The minimum Gasteiger partial charge on any atom is -0.330 e. The van der Waals surface area contributed by atoms with Gasteiger partial charge in [0.05, 0.1) is 11.9 Å². The minimum absolute atomic E-state index is 0.0992. The maximum absolute atomic E-state index is 12.9. The minimum atomic E-state index is -0.370. The summed E-state index contributed by atoms with van der Waals surface area (Å²) in [5, 5.41) is 7.06. The second-order valence-electron chi connectivity index (χ2n) is 7.37. The zero-order valence-electron chi connectivity index (χ0n) is 15.4. The van der Waals surface area contributed by atoms with Crippen molar-refractivity contribution in [3.63, 3.8) is 0 Å². The Kier molecular flexibility index (Phi) is 5.18. The number of anilines is 1. The first-order valence-corrected chi connectivity index (χ1v) is 9.80. The molecule has 2 aromatic heterocycles. The Labute approximate surface area is 158 Å². The van der Waals surface area contributed by atoms with Gasteiger partial charge >= 0.3 is 0 Å². The SMILES string of the molecule is O=C(Nc1ccc(-n2cccn2)nc1)C1CCCN1C(=O)C1CCCCC1. The van der Waals surface area contributed by atoms with Crippen molar-refractivity contribution < 1.29 is 9.59 Å². The van der Waals surface area contributed by atoms with Crippen molar-refractivity contribution in [3.05, 3.63) is 36.8 Å². The average molecular weight is 367 g/mol. The molecule has 0 bridgehead atoms. The maximum atomic E-state index is 12.9. The van der Waals surface area contributed by atoms with Crippen LogP contribution in [0.1, 0.15) is 44.9 Å². The number of carbonyl (C=O) groups excluding carboxylic acids is 2. The van der Waals surface area contributed by atoms with Crippen LogP contribution in [-0.2, 0) is 9.59 Å². The molecule has 0 spiro atoms. The molecule has 4 rings (SSSR count). The molecule has 1 aliphatic carbocycles.